The summed E-state index contributed by atoms with van der Waals surface area (Å²) in [5.41, 5.74) is 6.74. The zero-order chi connectivity index (χ0) is 20.9. The molecule has 8 heteroatoms. The Hall–Kier alpha value is -2.59. The lowest BCUT2D eigenvalue weighted by Crippen LogP contribution is -2.01. The number of nitrogens with one attached hydrogen (secondary N) is 2. The summed E-state index contributed by atoms with van der Waals surface area (Å²) in [5, 5.41) is 4.28. The summed E-state index contributed by atoms with van der Waals surface area (Å²) in [7, 11) is 1.63. The van der Waals surface area contributed by atoms with E-state index in [1.807, 2.05) is 60.7 Å². The van der Waals surface area contributed by atoms with Crippen LogP contribution in [0, 0.1) is 3.57 Å². The van der Waals surface area contributed by atoms with Gasteiger partial charge in [0.05, 0.1) is 27.9 Å². The number of rotatable bonds is 7. The SMILES string of the molecule is COc1cc(/C=N\Nc2nc3ccccc3[nH]2)cc(I)c1OCc1ccc(Br)cc1. The van der Waals surface area contributed by atoms with Crippen LogP contribution in [-0.2, 0) is 6.61 Å². The van der Waals surface area contributed by atoms with E-state index >= 15 is 0 Å². The van der Waals surface area contributed by atoms with Gasteiger partial charge < -0.3 is 14.5 Å². The van der Waals surface area contributed by atoms with E-state index in [9.17, 15) is 0 Å². The minimum atomic E-state index is 0.459. The molecule has 0 aliphatic rings. The van der Waals surface area contributed by atoms with Gasteiger partial charge in [-0.05, 0) is 70.1 Å². The molecule has 1 heterocycles. The summed E-state index contributed by atoms with van der Waals surface area (Å²) in [6.45, 7) is 0.459. The van der Waals surface area contributed by atoms with Crippen molar-refractivity contribution in [1.29, 1.82) is 0 Å². The van der Waals surface area contributed by atoms with Crippen molar-refractivity contribution in [3.8, 4) is 11.5 Å². The lowest BCUT2D eigenvalue weighted by molar-refractivity contribution is 0.282. The highest BCUT2D eigenvalue weighted by molar-refractivity contribution is 14.1. The standard InChI is InChI=1S/C22H18BrIN4O2/c1-29-20-11-15(12-25-28-22-26-18-4-2-3-5-19(18)27-22)10-17(24)21(20)30-13-14-6-8-16(23)9-7-14/h2-12H,13H2,1H3,(H2,26,27,28)/b25-12-. The molecule has 6 nitrogen and oxygen atoms in total. The summed E-state index contributed by atoms with van der Waals surface area (Å²) in [6.07, 6.45) is 1.72. The summed E-state index contributed by atoms with van der Waals surface area (Å²) in [5.74, 6) is 1.95. The predicted octanol–water partition coefficient (Wildman–Crippen LogP) is 5.96. The number of halogens is 2. The van der Waals surface area contributed by atoms with E-state index in [2.05, 4.69) is 59.0 Å². The Morgan fingerprint density at radius 1 is 1.17 bits per heavy atom. The molecular formula is C22H18BrIN4O2. The summed E-state index contributed by atoms with van der Waals surface area (Å²) >= 11 is 5.69. The third kappa shape index (κ3) is 4.93. The van der Waals surface area contributed by atoms with Crippen LogP contribution in [0.25, 0.3) is 11.0 Å². The molecule has 0 aliphatic carbocycles. The van der Waals surface area contributed by atoms with Gasteiger partial charge in [-0.3, -0.25) is 0 Å². The summed E-state index contributed by atoms with van der Waals surface area (Å²) < 4.78 is 13.5. The minimum Gasteiger partial charge on any atom is -0.493 e. The molecule has 0 amide bonds. The number of para-hydroxylation sites is 2. The number of fused-ring (bicyclic) bond motifs is 1. The molecule has 0 aliphatic heterocycles. The van der Waals surface area contributed by atoms with E-state index in [0.717, 1.165) is 30.2 Å². The Morgan fingerprint density at radius 3 is 2.73 bits per heavy atom. The lowest BCUT2D eigenvalue weighted by Gasteiger charge is -2.13. The number of hydrazone groups is 1. The fraction of sp³-hybridized carbons (Fsp3) is 0.0909. The first kappa shape index (κ1) is 20.7. The van der Waals surface area contributed by atoms with Crippen molar-refractivity contribution < 1.29 is 9.47 Å². The number of hydrogen-bond acceptors (Lipinski definition) is 5. The van der Waals surface area contributed by atoms with Crippen LogP contribution in [0.5, 0.6) is 11.5 Å². The Kier molecular flexibility index (Phi) is 6.53. The average Bonchev–Trinajstić information content (AvgIpc) is 3.16. The van der Waals surface area contributed by atoms with Gasteiger partial charge in [0.15, 0.2) is 11.5 Å². The second kappa shape index (κ2) is 9.48. The van der Waals surface area contributed by atoms with Crippen molar-refractivity contribution in [2.75, 3.05) is 12.5 Å². The quantitative estimate of drug-likeness (QED) is 0.162. The molecule has 0 saturated carbocycles. The predicted molar refractivity (Wildman–Crippen MR) is 131 cm³/mol. The van der Waals surface area contributed by atoms with Crippen molar-refractivity contribution in [1.82, 2.24) is 9.97 Å². The van der Waals surface area contributed by atoms with Crippen LogP contribution < -0.4 is 14.9 Å². The molecule has 0 fully saturated rings. The third-order valence-electron chi connectivity index (χ3n) is 4.32. The normalized spacial score (nSPS) is 11.2. The molecule has 2 N–H and O–H groups in total. The molecule has 4 rings (SSSR count). The van der Waals surface area contributed by atoms with Crippen molar-refractivity contribution in [3.63, 3.8) is 0 Å². The number of benzene rings is 3. The first-order valence-electron chi connectivity index (χ1n) is 9.11. The maximum atomic E-state index is 6.02. The molecular weight excluding hydrogens is 559 g/mol. The summed E-state index contributed by atoms with van der Waals surface area (Å²) in [4.78, 5) is 7.61. The molecule has 4 aromatic rings. The van der Waals surface area contributed by atoms with Crippen LogP contribution >= 0.6 is 38.5 Å². The Balaban J connectivity index is 1.46. The monoisotopic (exact) mass is 576 g/mol. The van der Waals surface area contributed by atoms with Crippen molar-refractivity contribution in [2.45, 2.75) is 6.61 Å². The second-order valence-corrected chi connectivity index (χ2v) is 8.50. The zero-order valence-corrected chi connectivity index (χ0v) is 19.8. The molecule has 0 saturated heterocycles. The number of H-pyrrole nitrogens is 1. The smallest absolute Gasteiger partial charge is 0.222 e. The number of aromatic amines is 1. The first-order valence-corrected chi connectivity index (χ1v) is 11.0. The number of nitrogens with zero attached hydrogens (tertiary/aromatic N) is 2. The van der Waals surface area contributed by atoms with Gasteiger partial charge in [0.1, 0.15) is 6.61 Å². The molecule has 0 bridgehead atoms. The Bertz CT molecular complexity index is 1160. The van der Waals surface area contributed by atoms with Gasteiger partial charge in [0, 0.05) is 4.47 Å². The highest BCUT2D eigenvalue weighted by Gasteiger charge is 2.11. The molecule has 0 radical (unpaired) electrons. The fourth-order valence-corrected chi connectivity index (χ4v) is 3.91. The van der Waals surface area contributed by atoms with Crippen molar-refractivity contribution in [3.05, 3.63) is 79.8 Å². The number of ether oxygens (including phenoxy) is 2. The maximum absolute atomic E-state index is 6.02. The van der Waals surface area contributed by atoms with Crippen LogP contribution in [0.3, 0.4) is 0 Å². The van der Waals surface area contributed by atoms with Gasteiger partial charge in [-0.2, -0.15) is 5.10 Å². The van der Waals surface area contributed by atoms with Gasteiger partial charge in [-0.15, -0.1) is 0 Å². The van der Waals surface area contributed by atoms with Crippen LogP contribution in [0.15, 0.2) is 70.2 Å². The zero-order valence-electron chi connectivity index (χ0n) is 16.0. The molecule has 3 aromatic carbocycles. The van der Waals surface area contributed by atoms with Crippen LogP contribution in [0.2, 0.25) is 0 Å². The van der Waals surface area contributed by atoms with Gasteiger partial charge in [0.25, 0.3) is 0 Å². The van der Waals surface area contributed by atoms with Crippen LogP contribution in [0.4, 0.5) is 5.95 Å². The van der Waals surface area contributed by atoms with Gasteiger partial charge in [0.2, 0.25) is 5.95 Å². The van der Waals surface area contributed by atoms with Gasteiger partial charge in [-0.1, -0.05) is 40.2 Å². The number of aromatic nitrogens is 2. The number of anilines is 1. The largest absolute Gasteiger partial charge is 0.493 e. The molecule has 0 unspecified atom stereocenters. The van der Waals surface area contributed by atoms with Crippen molar-refractivity contribution >= 4 is 61.7 Å². The first-order chi connectivity index (χ1) is 14.6. The molecule has 152 valence electrons. The molecule has 0 atom stereocenters. The number of imidazole rings is 1. The highest BCUT2D eigenvalue weighted by Crippen LogP contribution is 2.34. The topological polar surface area (TPSA) is 71.5 Å². The third-order valence-corrected chi connectivity index (χ3v) is 5.65. The molecule has 0 spiro atoms. The van der Waals surface area contributed by atoms with Gasteiger partial charge in [-0.25, -0.2) is 10.4 Å². The van der Waals surface area contributed by atoms with Gasteiger partial charge >= 0.3 is 0 Å². The van der Waals surface area contributed by atoms with E-state index in [1.54, 1.807) is 13.3 Å². The second-order valence-electron chi connectivity index (χ2n) is 6.42. The van der Waals surface area contributed by atoms with Crippen LogP contribution in [0.1, 0.15) is 11.1 Å². The highest BCUT2D eigenvalue weighted by atomic mass is 127. The number of hydrogen-bond donors (Lipinski definition) is 2. The maximum Gasteiger partial charge on any atom is 0.222 e. The lowest BCUT2D eigenvalue weighted by atomic mass is 10.2. The van der Waals surface area contributed by atoms with Crippen molar-refractivity contribution in [2.24, 2.45) is 5.10 Å². The molecule has 30 heavy (non-hydrogen) atoms. The minimum absolute atomic E-state index is 0.459. The van der Waals surface area contributed by atoms with E-state index < -0.39 is 0 Å². The van der Waals surface area contributed by atoms with E-state index in [-0.39, 0.29) is 0 Å². The number of methoxy groups -OCH3 is 1. The Morgan fingerprint density at radius 2 is 1.97 bits per heavy atom. The Labute approximate surface area is 196 Å². The average molecular weight is 577 g/mol. The van der Waals surface area contributed by atoms with Crippen LogP contribution in [-0.4, -0.2) is 23.3 Å². The molecule has 1 aromatic heterocycles. The summed E-state index contributed by atoms with van der Waals surface area (Å²) in [6, 6.07) is 19.7. The van der Waals surface area contributed by atoms with E-state index in [4.69, 9.17) is 9.47 Å². The van der Waals surface area contributed by atoms with E-state index in [0.29, 0.717) is 24.1 Å². The van der Waals surface area contributed by atoms with E-state index in [1.165, 1.54) is 0 Å². The fourth-order valence-electron chi connectivity index (χ4n) is 2.86.